The summed E-state index contributed by atoms with van der Waals surface area (Å²) in [5.74, 6) is 0.727. The van der Waals surface area contributed by atoms with E-state index in [-0.39, 0.29) is 0 Å². The molecule has 0 saturated carbocycles. The molecule has 0 radical (unpaired) electrons. The molecule has 1 aliphatic heterocycles. The first-order valence-electron chi connectivity index (χ1n) is 2.95. The highest BCUT2D eigenvalue weighted by atomic mass is 16.5. The molecule has 3 nitrogen and oxygen atoms in total. The minimum absolute atomic E-state index is 0.628. The Morgan fingerprint density at radius 1 is 1.89 bits per heavy atom. The van der Waals surface area contributed by atoms with Crippen LogP contribution in [-0.4, -0.2) is 29.2 Å². The van der Waals surface area contributed by atoms with Gasteiger partial charge in [-0.15, -0.1) is 6.58 Å². The fraction of sp³-hybridized carbons (Fsp3) is 0.500. The van der Waals surface area contributed by atoms with E-state index in [1.54, 1.807) is 6.08 Å². The average Bonchev–Trinajstić information content (AvgIpc) is 2.18. The highest BCUT2D eigenvalue weighted by molar-refractivity contribution is 5.83. The second-order valence-electron chi connectivity index (χ2n) is 1.91. The fourth-order valence-electron chi connectivity index (χ4n) is 0.783. The van der Waals surface area contributed by atoms with Crippen LogP contribution in [-0.2, 0) is 0 Å². The Morgan fingerprint density at radius 3 is 3.11 bits per heavy atom. The first-order valence-corrected chi connectivity index (χ1v) is 2.95. The number of amidine groups is 1. The van der Waals surface area contributed by atoms with Gasteiger partial charge >= 0.3 is 0 Å². The van der Waals surface area contributed by atoms with E-state index in [0.717, 1.165) is 5.84 Å². The van der Waals surface area contributed by atoms with Gasteiger partial charge in [-0.2, -0.15) is 0 Å². The van der Waals surface area contributed by atoms with Crippen LogP contribution in [0.1, 0.15) is 6.42 Å². The minimum atomic E-state index is 0.628. The Balaban J connectivity index is 2.46. The van der Waals surface area contributed by atoms with E-state index in [4.69, 9.17) is 5.21 Å². The number of rotatable bonds is 2. The monoisotopic (exact) mass is 126 g/mol. The normalized spacial score (nSPS) is 17.9. The molecule has 3 heteroatoms. The first kappa shape index (κ1) is 6.29. The molecule has 0 aromatic carbocycles. The van der Waals surface area contributed by atoms with Crippen molar-refractivity contribution >= 4 is 5.84 Å². The second-order valence-corrected chi connectivity index (χ2v) is 1.91. The number of hydrogen-bond donors (Lipinski definition) is 1. The summed E-state index contributed by atoms with van der Waals surface area (Å²) in [5.41, 5.74) is 0. The summed E-state index contributed by atoms with van der Waals surface area (Å²) in [7, 11) is 0. The Labute approximate surface area is 54.3 Å². The summed E-state index contributed by atoms with van der Waals surface area (Å²) >= 11 is 0. The molecule has 1 heterocycles. The van der Waals surface area contributed by atoms with Crippen LogP contribution < -0.4 is 0 Å². The average molecular weight is 126 g/mol. The maximum absolute atomic E-state index is 8.97. The van der Waals surface area contributed by atoms with Crippen LogP contribution in [0.2, 0.25) is 0 Å². The van der Waals surface area contributed by atoms with Crippen LogP contribution in [0.25, 0.3) is 0 Å². The summed E-state index contributed by atoms with van der Waals surface area (Å²) in [6.07, 6.45) is 2.39. The third-order valence-corrected chi connectivity index (χ3v) is 1.23. The molecule has 0 fully saturated rings. The van der Waals surface area contributed by atoms with E-state index >= 15 is 0 Å². The van der Waals surface area contributed by atoms with Crippen molar-refractivity contribution in [3.05, 3.63) is 12.7 Å². The molecule has 0 spiro atoms. The molecule has 0 aromatic heterocycles. The lowest BCUT2D eigenvalue weighted by atomic mass is 10.4. The van der Waals surface area contributed by atoms with Gasteiger partial charge in [-0.1, -0.05) is 6.08 Å². The van der Waals surface area contributed by atoms with Gasteiger partial charge in [0.25, 0.3) is 0 Å². The number of aliphatic imine (C=N–C) groups is 1. The highest BCUT2D eigenvalue weighted by Gasteiger charge is 2.11. The largest absolute Gasteiger partial charge is 0.287 e. The maximum atomic E-state index is 8.97. The van der Waals surface area contributed by atoms with E-state index < -0.39 is 0 Å². The summed E-state index contributed by atoms with van der Waals surface area (Å²) in [6, 6.07) is 0. The van der Waals surface area contributed by atoms with Gasteiger partial charge in [0.05, 0.1) is 13.1 Å². The SMILES string of the molecule is C=CCC1=NCCN1O. The van der Waals surface area contributed by atoms with Gasteiger partial charge in [0.15, 0.2) is 0 Å². The standard InChI is InChI=1S/C6H10N2O/c1-2-3-6-7-4-5-8(6)9/h2,9H,1,3-5H2. The quantitative estimate of drug-likeness (QED) is 0.552. The summed E-state index contributed by atoms with van der Waals surface area (Å²) in [4.78, 5) is 4.03. The van der Waals surface area contributed by atoms with Gasteiger partial charge in [-0.3, -0.25) is 10.2 Å². The predicted molar refractivity (Wildman–Crippen MR) is 35.6 cm³/mol. The Bertz CT molecular complexity index is 142. The lowest BCUT2D eigenvalue weighted by molar-refractivity contribution is -0.00419. The van der Waals surface area contributed by atoms with E-state index in [9.17, 15) is 0 Å². The van der Waals surface area contributed by atoms with Crippen LogP contribution in [0, 0.1) is 0 Å². The van der Waals surface area contributed by atoms with Crippen LogP contribution in [0.3, 0.4) is 0 Å². The van der Waals surface area contributed by atoms with Crippen LogP contribution in [0.15, 0.2) is 17.6 Å². The Kier molecular flexibility index (Phi) is 1.85. The molecule has 0 amide bonds. The maximum Gasteiger partial charge on any atom is 0.127 e. The molecule has 1 rings (SSSR count). The summed E-state index contributed by atoms with van der Waals surface area (Å²) in [6.45, 7) is 4.88. The molecule has 0 aliphatic carbocycles. The van der Waals surface area contributed by atoms with E-state index in [1.807, 2.05) is 0 Å². The molecule has 50 valence electrons. The van der Waals surface area contributed by atoms with Crippen molar-refractivity contribution in [2.45, 2.75) is 6.42 Å². The molecule has 0 atom stereocenters. The van der Waals surface area contributed by atoms with Gasteiger partial charge in [-0.25, -0.2) is 5.06 Å². The second kappa shape index (κ2) is 2.64. The fourth-order valence-corrected chi connectivity index (χ4v) is 0.783. The topological polar surface area (TPSA) is 35.8 Å². The Morgan fingerprint density at radius 2 is 2.67 bits per heavy atom. The van der Waals surface area contributed by atoms with Crippen molar-refractivity contribution in [2.24, 2.45) is 4.99 Å². The lowest BCUT2D eigenvalue weighted by Crippen LogP contribution is -2.22. The summed E-state index contributed by atoms with van der Waals surface area (Å²) < 4.78 is 0. The van der Waals surface area contributed by atoms with Gasteiger partial charge < -0.3 is 0 Å². The van der Waals surface area contributed by atoms with E-state index in [2.05, 4.69) is 11.6 Å². The van der Waals surface area contributed by atoms with Crippen LogP contribution >= 0.6 is 0 Å². The molecule has 9 heavy (non-hydrogen) atoms. The zero-order valence-electron chi connectivity index (χ0n) is 5.25. The van der Waals surface area contributed by atoms with Gasteiger partial charge in [0.1, 0.15) is 5.84 Å². The van der Waals surface area contributed by atoms with Crippen LogP contribution in [0.5, 0.6) is 0 Å². The van der Waals surface area contributed by atoms with Crippen molar-refractivity contribution in [1.29, 1.82) is 0 Å². The van der Waals surface area contributed by atoms with Crippen LogP contribution in [0.4, 0.5) is 0 Å². The molecule has 0 unspecified atom stereocenters. The molecule has 1 aliphatic rings. The smallest absolute Gasteiger partial charge is 0.127 e. The Hall–Kier alpha value is -0.830. The molecule has 1 N–H and O–H groups in total. The zero-order valence-corrected chi connectivity index (χ0v) is 5.25. The lowest BCUT2D eigenvalue weighted by Gasteiger charge is -2.08. The predicted octanol–water partition coefficient (Wildman–Crippen LogP) is 0.666. The molecule has 0 aromatic rings. The van der Waals surface area contributed by atoms with Crippen molar-refractivity contribution in [3.8, 4) is 0 Å². The molecular formula is C6H10N2O. The molecular weight excluding hydrogens is 116 g/mol. The zero-order chi connectivity index (χ0) is 6.69. The van der Waals surface area contributed by atoms with Crippen molar-refractivity contribution in [3.63, 3.8) is 0 Å². The van der Waals surface area contributed by atoms with Crippen molar-refractivity contribution in [1.82, 2.24) is 5.06 Å². The highest BCUT2D eigenvalue weighted by Crippen LogP contribution is 2.00. The number of nitrogens with zero attached hydrogens (tertiary/aromatic N) is 2. The van der Waals surface area contributed by atoms with Crippen molar-refractivity contribution < 1.29 is 5.21 Å². The first-order chi connectivity index (χ1) is 4.34. The van der Waals surface area contributed by atoms with Gasteiger partial charge in [-0.05, 0) is 0 Å². The summed E-state index contributed by atoms with van der Waals surface area (Å²) in [5, 5.41) is 10.1. The van der Waals surface area contributed by atoms with E-state index in [1.165, 1.54) is 5.06 Å². The third-order valence-electron chi connectivity index (χ3n) is 1.23. The van der Waals surface area contributed by atoms with E-state index in [0.29, 0.717) is 19.5 Å². The van der Waals surface area contributed by atoms with Crippen molar-refractivity contribution in [2.75, 3.05) is 13.1 Å². The third kappa shape index (κ3) is 1.29. The molecule has 0 saturated heterocycles. The molecule has 0 bridgehead atoms. The number of hydroxylamine groups is 2. The minimum Gasteiger partial charge on any atom is -0.287 e. The van der Waals surface area contributed by atoms with Gasteiger partial charge in [0, 0.05) is 6.42 Å². The number of hydrogen-bond acceptors (Lipinski definition) is 3. The van der Waals surface area contributed by atoms with Gasteiger partial charge in [0.2, 0.25) is 0 Å².